The lowest BCUT2D eigenvalue weighted by Crippen LogP contribution is -2.38. The topological polar surface area (TPSA) is 35.2 Å². The zero-order chi connectivity index (χ0) is 9.90. The SMILES string of the molecule is Cc1ccc(OCC(C)(C)N)cc1. The van der Waals surface area contributed by atoms with Crippen LogP contribution in [-0.2, 0) is 0 Å². The molecule has 0 aromatic heterocycles. The van der Waals surface area contributed by atoms with Crippen LogP contribution >= 0.6 is 0 Å². The molecule has 13 heavy (non-hydrogen) atoms. The van der Waals surface area contributed by atoms with Gasteiger partial charge in [-0.05, 0) is 32.9 Å². The fourth-order valence-electron chi connectivity index (χ4n) is 0.904. The maximum absolute atomic E-state index is 5.79. The Balaban J connectivity index is 2.51. The van der Waals surface area contributed by atoms with Gasteiger partial charge in [-0.2, -0.15) is 0 Å². The molecule has 0 aliphatic rings. The van der Waals surface area contributed by atoms with E-state index in [1.807, 2.05) is 38.1 Å². The molecule has 0 saturated heterocycles. The molecule has 0 aliphatic heterocycles. The largest absolute Gasteiger partial charge is 0.492 e. The predicted octanol–water partition coefficient (Wildman–Crippen LogP) is 2.11. The minimum absolute atomic E-state index is 0.273. The predicted molar refractivity (Wildman–Crippen MR) is 54.9 cm³/mol. The molecule has 1 rings (SSSR count). The number of hydrogen-bond acceptors (Lipinski definition) is 2. The van der Waals surface area contributed by atoms with Crippen molar-refractivity contribution in [3.63, 3.8) is 0 Å². The van der Waals surface area contributed by atoms with Gasteiger partial charge in [-0.3, -0.25) is 0 Å². The quantitative estimate of drug-likeness (QED) is 0.771. The fraction of sp³-hybridized carbons (Fsp3) is 0.455. The fourth-order valence-corrected chi connectivity index (χ4v) is 0.904. The summed E-state index contributed by atoms with van der Waals surface area (Å²) < 4.78 is 5.50. The molecule has 2 N–H and O–H groups in total. The van der Waals surface area contributed by atoms with Crippen molar-refractivity contribution in [1.82, 2.24) is 0 Å². The molecule has 0 heterocycles. The number of aryl methyl sites for hydroxylation is 1. The molecule has 0 bridgehead atoms. The molecule has 0 radical (unpaired) electrons. The molecule has 0 saturated carbocycles. The van der Waals surface area contributed by atoms with Gasteiger partial charge in [0.15, 0.2) is 0 Å². The summed E-state index contributed by atoms with van der Waals surface area (Å²) in [6.07, 6.45) is 0. The highest BCUT2D eigenvalue weighted by Gasteiger charge is 2.10. The van der Waals surface area contributed by atoms with Crippen LogP contribution in [0.1, 0.15) is 19.4 Å². The standard InChI is InChI=1S/C11H17NO/c1-9-4-6-10(7-5-9)13-8-11(2,3)12/h4-7H,8,12H2,1-3H3. The lowest BCUT2D eigenvalue weighted by molar-refractivity contribution is 0.243. The molecular formula is C11H17NO. The average Bonchev–Trinajstić information content (AvgIpc) is 2.02. The van der Waals surface area contributed by atoms with E-state index in [0.717, 1.165) is 5.75 Å². The van der Waals surface area contributed by atoms with Gasteiger partial charge in [-0.15, -0.1) is 0 Å². The Morgan fingerprint density at radius 3 is 2.23 bits per heavy atom. The third-order valence-electron chi connectivity index (χ3n) is 1.63. The summed E-state index contributed by atoms with van der Waals surface area (Å²) in [6, 6.07) is 7.97. The van der Waals surface area contributed by atoms with Crippen molar-refractivity contribution in [2.45, 2.75) is 26.3 Å². The van der Waals surface area contributed by atoms with Crippen molar-refractivity contribution < 1.29 is 4.74 Å². The number of benzene rings is 1. The van der Waals surface area contributed by atoms with Gasteiger partial charge in [0, 0.05) is 5.54 Å². The van der Waals surface area contributed by atoms with Crippen LogP contribution in [0.2, 0.25) is 0 Å². The van der Waals surface area contributed by atoms with Gasteiger partial charge in [0.2, 0.25) is 0 Å². The van der Waals surface area contributed by atoms with Crippen LogP contribution in [0.25, 0.3) is 0 Å². The molecule has 1 aromatic carbocycles. The van der Waals surface area contributed by atoms with Gasteiger partial charge < -0.3 is 10.5 Å². The molecule has 2 heteroatoms. The van der Waals surface area contributed by atoms with Crippen molar-refractivity contribution in [2.24, 2.45) is 5.73 Å². The molecule has 0 atom stereocenters. The summed E-state index contributed by atoms with van der Waals surface area (Å²) in [5.41, 5.74) is 6.75. The van der Waals surface area contributed by atoms with E-state index in [0.29, 0.717) is 6.61 Å². The summed E-state index contributed by atoms with van der Waals surface area (Å²) in [4.78, 5) is 0. The summed E-state index contributed by atoms with van der Waals surface area (Å²) in [6.45, 7) is 6.48. The van der Waals surface area contributed by atoms with E-state index < -0.39 is 0 Å². The Morgan fingerprint density at radius 2 is 1.77 bits per heavy atom. The van der Waals surface area contributed by atoms with E-state index in [9.17, 15) is 0 Å². The first-order chi connectivity index (χ1) is 5.97. The van der Waals surface area contributed by atoms with Gasteiger partial charge in [0.1, 0.15) is 12.4 Å². The summed E-state index contributed by atoms with van der Waals surface area (Å²) in [5.74, 6) is 0.879. The van der Waals surface area contributed by atoms with Gasteiger partial charge in [-0.1, -0.05) is 17.7 Å². The zero-order valence-electron chi connectivity index (χ0n) is 8.50. The number of nitrogens with two attached hydrogens (primary N) is 1. The van der Waals surface area contributed by atoms with Crippen LogP contribution in [0.3, 0.4) is 0 Å². The minimum atomic E-state index is -0.273. The Kier molecular flexibility index (Phi) is 2.94. The first-order valence-corrected chi connectivity index (χ1v) is 4.46. The van der Waals surface area contributed by atoms with E-state index in [2.05, 4.69) is 6.92 Å². The number of hydrogen-bond donors (Lipinski definition) is 1. The summed E-state index contributed by atoms with van der Waals surface area (Å²) in [7, 11) is 0. The van der Waals surface area contributed by atoms with E-state index in [1.54, 1.807) is 0 Å². The van der Waals surface area contributed by atoms with Gasteiger partial charge in [0.05, 0.1) is 0 Å². The Bertz CT molecular complexity index is 258. The smallest absolute Gasteiger partial charge is 0.119 e. The molecule has 0 spiro atoms. The second kappa shape index (κ2) is 3.79. The van der Waals surface area contributed by atoms with Crippen LogP contribution in [0, 0.1) is 6.92 Å². The van der Waals surface area contributed by atoms with Crippen molar-refractivity contribution >= 4 is 0 Å². The van der Waals surface area contributed by atoms with Crippen molar-refractivity contribution in [3.05, 3.63) is 29.8 Å². The second-order valence-corrected chi connectivity index (χ2v) is 4.09. The molecule has 2 nitrogen and oxygen atoms in total. The van der Waals surface area contributed by atoms with Crippen molar-refractivity contribution in [3.8, 4) is 5.75 Å². The maximum Gasteiger partial charge on any atom is 0.119 e. The summed E-state index contributed by atoms with van der Waals surface area (Å²) in [5, 5.41) is 0. The van der Waals surface area contributed by atoms with E-state index in [1.165, 1.54) is 5.56 Å². The van der Waals surface area contributed by atoms with E-state index in [4.69, 9.17) is 10.5 Å². The van der Waals surface area contributed by atoms with Crippen LogP contribution in [0.5, 0.6) is 5.75 Å². The Hall–Kier alpha value is -1.02. The Labute approximate surface area is 79.7 Å². The first-order valence-electron chi connectivity index (χ1n) is 4.46. The summed E-state index contributed by atoms with van der Waals surface area (Å²) >= 11 is 0. The van der Waals surface area contributed by atoms with Gasteiger partial charge in [-0.25, -0.2) is 0 Å². The Morgan fingerprint density at radius 1 is 1.23 bits per heavy atom. The maximum atomic E-state index is 5.79. The monoisotopic (exact) mass is 179 g/mol. The highest BCUT2D eigenvalue weighted by Crippen LogP contribution is 2.12. The first kappa shape index (κ1) is 10.1. The van der Waals surface area contributed by atoms with E-state index in [-0.39, 0.29) is 5.54 Å². The van der Waals surface area contributed by atoms with Crippen molar-refractivity contribution in [2.75, 3.05) is 6.61 Å². The van der Waals surface area contributed by atoms with E-state index >= 15 is 0 Å². The molecular weight excluding hydrogens is 162 g/mol. The minimum Gasteiger partial charge on any atom is -0.492 e. The van der Waals surface area contributed by atoms with Crippen LogP contribution in [-0.4, -0.2) is 12.1 Å². The molecule has 0 unspecified atom stereocenters. The molecule has 72 valence electrons. The lowest BCUT2D eigenvalue weighted by atomic mass is 10.1. The zero-order valence-corrected chi connectivity index (χ0v) is 8.50. The van der Waals surface area contributed by atoms with Crippen LogP contribution < -0.4 is 10.5 Å². The molecule has 0 aliphatic carbocycles. The molecule has 1 aromatic rings. The normalized spacial score (nSPS) is 11.4. The highest BCUT2D eigenvalue weighted by molar-refractivity contribution is 5.26. The third-order valence-corrected chi connectivity index (χ3v) is 1.63. The molecule has 0 fully saturated rings. The average molecular weight is 179 g/mol. The lowest BCUT2D eigenvalue weighted by Gasteiger charge is -2.18. The van der Waals surface area contributed by atoms with Crippen molar-refractivity contribution in [1.29, 1.82) is 0 Å². The van der Waals surface area contributed by atoms with Gasteiger partial charge in [0.25, 0.3) is 0 Å². The third kappa shape index (κ3) is 3.95. The number of rotatable bonds is 3. The number of ether oxygens (including phenoxy) is 1. The van der Waals surface area contributed by atoms with Crippen LogP contribution in [0.15, 0.2) is 24.3 Å². The molecule has 0 amide bonds. The van der Waals surface area contributed by atoms with Gasteiger partial charge >= 0.3 is 0 Å². The second-order valence-electron chi connectivity index (χ2n) is 4.09. The van der Waals surface area contributed by atoms with Crippen LogP contribution in [0.4, 0.5) is 0 Å². The highest BCUT2D eigenvalue weighted by atomic mass is 16.5.